The lowest BCUT2D eigenvalue weighted by Crippen LogP contribution is -2.36. The highest BCUT2D eigenvalue weighted by Gasteiger charge is 2.37. The van der Waals surface area contributed by atoms with Gasteiger partial charge in [-0.2, -0.15) is 0 Å². The van der Waals surface area contributed by atoms with E-state index < -0.39 is 0 Å². The third-order valence-electron chi connectivity index (χ3n) is 5.15. The van der Waals surface area contributed by atoms with E-state index in [-0.39, 0.29) is 5.82 Å². The zero-order chi connectivity index (χ0) is 13.9. The van der Waals surface area contributed by atoms with Crippen LogP contribution < -0.4 is 10.6 Å². The van der Waals surface area contributed by atoms with Crippen LogP contribution in [0.5, 0.6) is 0 Å². The van der Waals surface area contributed by atoms with Gasteiger partial charge in [-0.1, -0.05) is 19.8 Å². The molecule has 0 saturated heterocycles. The highest BCUT2D eigenvalue weighted by molar-refractivity contribution is 5.66. The van der Waals surface area contributed by atoms with Crippen molar-refractivity contribution in [3.05, 3.63) is 45.9 Å². The van der Waals surface area contributed by atoms with Crippen LogP contribution in [0.2, 0.25) is 0 Å². The van der Waals surface area contributed by atoms with Crippen molar-refractivity contribution >= 4 is 5.57 Å². The average Bonchev–Trinajstić information content (AvgIpc) is 3.17. The predicted octanol–water partition coefficient (Wildman–Crippen LogP) is 3.26. The number of allylic oxidation sites excluding steroid dienone is 2. The van der Waals surface area contributed by atoms with Crippen LogP contribution in [-0.4, -0.2) is 0 Å². The minimum Gasteiger partial charge on any atom is -0.252 e. The van der Waals surface area contributed by atoms with Gasteiger partial charge in [-0.3, -0.25) is 4.99 Å². The second-order valence-corrected chi connectivity index (χ2v) is 6.71. The van der Waals surface area contributed by atoms with E-state index in [0.717, 1.165) is 22.1 Å². The predicted molar refractivity (Wildman–Crippen MR) is 78.0 cm³/mol. The van der Waals surface area contributed by atoms with E-state index >= 15 is 0 Å². The summed E-state index contributed by atoms with van der Waals surface area (Å²) in [5.74, 6) is 1.77. The molecular formula is C18H20FN. The SMILES string of the molecule is Cc1cc(F)cc2c1=NC1=C[C@H]1C=2C1CCC(C)CC1. The molecule has 1 nitrogen and oxygen atoms in total. The van der Waals surface area contributed by atoms with Gasteiger partial charge in [0, 0.05) is 16.8 Å². The van der Waals surface area contributed by atoms with Gasteiger partial charge in [0.25, 0.3) is 0 Å². The van der Waals surface area contributed by atoms with Gasteiger partial charge in [-0.25, -0.2) is 4.39 Å². The Balaban J connectivity index is 1.89. The topological polar surface area (TPSA) is 12.4 Å². The highest BCUT2D eigenvalue weighted by Crippen LogP contribution is 2.46. The van der Waals surface area contributed by atoms with Crippen molar-refractivity contribution in [1.29, 1.82) is 0 Å². The van der Waals surface area contributed by atoms with Gasteiger partial charge < -0.3 is 0 Å². The van der Waals surface area contributed by atoms with Crippen molar-refractivity contribution in [1.82, 2.24) is 0 Å². The van der Waals surface area contributed by atoms with Crippen LogP contribution in [0, 0.1) is 30.5 Å². The van der Waals surface area contributed by atoms with Crippen LogP contribution in [0.1, 0.15) is 38.2 Å². The third kappa shape index (κ3) is 1.85. The molecule has 0 radical (unpaired) electrons. The molecule has 0 bridgehead atoms. The van der Waals surface area contributed by atoms with Crippen molar-refractivity contribution in [2.75, 3.05) is 0 Å². The summed E-state index contributed by atoms with van der Waals surface area (Å²) in [7, 11) is 0. The zero-order valence-electron chi connectivity index (χ0n) is 12.1. The van der Waals surface area contributed by atoms with Crippen molar-refractivity contribution in [3.63, 3.8) is 0 Å². The number of aryl methyl sites for hydroxylation is 1. The number of halogens is 1. The number of hydrogen-bond donors (Lipinski definition) is 0. The Morgan fingerprint density at radius 3 is 2.65 bits per heavy atom. The number of fused-ring (bicyclic) bond motifs is 2. The first kappa shape index (κ1) is 12.3. The molecule has 1 aromatic carbocycles. The molecule has 3 aliphatic rings. The van der Waals surface area contributed by atoms with Gasteiger partial charge in [0.15, 0.2) is 0 Å². The Labute approximate surface area is 118 Å². The van der Waals surface area contributed by atoms with E-state index in [1.54, 1.807) is 12.1 Å². The lowest BCUT2D eigenvalue weighted by atomic mass is 9.76. The van der Waals surface area contributed by atoms with Crippen LogP contribution >= 0.6 is 0 Å². The zero-order valence-corrected chi connectivity index (χ0v) is 12.1. The number of benzene rings is 1. The average molecular weight is 269 g/mol. The van der Waals surface area contributed by atoms with Gasteiger partial charge in [0.1, 0.15) is 5.82 Å². The molecule has 4 rings (SSSR count). The van der Waals surface area contributed by atoms with Crippen LogP contribution in [-0.2, 0) is 0 Å². The van der Waals surface area contributed by atoms with E-state index in [1.165, 1.54) is 37.0 Å². The Hall–Kier alpha value is -1.44. The van der Waals surface area contributed by atoms with Gasteiger partial charge >= 0.3 is 0 Å². The summed E-state index contributed by atoms with van der Waals surface area (Å²) in [6.45, 7) is 4.31. The summed E-state index contributed by atoms with van der Waals surface area (Å²) in [5.41, 5.74) is 3.63. The molecule has 1 atom stereocenters. The second-order valence-electron chi connectivity index (χ2n) is 6.71. The fourth-order valence-electron chi connectivity index (χ4n) is 3.92. The minimum atomic E-state index is -0.123. The molecule has 1 saturated carbocycles. The van der Waals surface area contributed by atoms with E-state index in [9.17, 15) is 4.39 Å². The molecule has 1 aliphatic heterocycles. The summed E-state index contributed by atoms with van der Waals surface area (Å²) in [4.78, 5) is 4.69. The molecule has 20 heavy (non-hydrogen) atoms. The molecule has 2 aliphatic carbocycles. The van der Waals surface area contributed by atoms with E-state index in [2.05, 4.69) is 13.0 Å². The first-order chi connectivity index (χ1) is 9.63. The summed E-state index contributed by atoms with van der Waals surface area (Å²) < 4.78 is 13.8. The number of nitrogens with zero attached hydrogens (tertiary/aromatic N) is 1. The molecule has 0 aromatic heterocycles. The lowest BCUT2D eigenvalue weighted by molar-refractivity contribution is 0.332. The van der Waals surface area contributed by atoms with Gasteiger partial charge in [-0.15, -0.1) is 0 Å². The highest BCUT2D eigenvalue weighted by atomic mass is 19.1. The summed E-state index contributed by atoms with van der Waals surface area (Å²) in [6.07, 6.45) is 7.35. The minimum absolute atomic E-state index is 0.123. The van der Waals surface area contributed by atoms with Crippen LogP contribution in [0.25, 0.3) is 5.57 Å². The fourth-order valence-corrected chi connectivity index (χ4v) is 3.92. The largest absolute Gasteiger partial charge is 0.252 e. The summed E-state index contributed by atoms with van der Waals surface area (Å²) in [5, 5.41) is 2.10. The quantitative estimate of drug-likeness (QED) is 0.742. The summed E-state index contributed by atoms with van der Waals surface area (Å²) in [6, 6.07) is 3.31. The Bertz CT molecular complexity index is 721. The molecule has 1 heterocycles. The van der Waals surface area contributed by atoms with Gasteiger partial charge in [-0.05, 0) is 60.9 Å². The molecule has 104 valence electrons. The molecular weight excluding hydrogens is 249 g/mol. The maximum atomic E-state index is 13.8. The first-order valence-electron chi connectivity index (χ1n) is 7.74. The first-order valence-corrected chi connectivity index (χ1v) is 7.74. The van der Waals surface area contributed by atoms with Gasteiger partial charge in [0.2, 0.25) is 0 Å². The lowest BCUT2D eigenvalue weighted by Gasteiger charge is -2.29. The van der Waals surface area contributed by atoms with Crippen molar-refractivity contribution in [2.45, 2.75) is 39.5 Å². The monoisotopic (exact) mass is 269 g/mol. The van der Waals surface area contributed by atoms with Crippen molar-refractivity contribution in [2.24, 2.45) is 22.7 Å². The third-order valence-corrected chi connectivity index (χ3v) is 5.15. The Morgan fingerprint density at radius 2 is 1.90 bits per heavy atom. The van der Waals surface area contributed by atoms with E-state index in [4.69, 9.17) is 4.99 Å². The molecule has 1 fully saturated rings. The van der Waals surface area contributed by atoms with Gasteiger partial charge in [0.05, 0.1) is 5.36 Å². The Morgan fingerprint density at radius 1 is 1.15 bits per heavy atom. The molecule has 0 spiro atoms. The second kappa shape index (κ2) is 4.28. The maximum absolute atomic E-state index is 13.8. The molecule has 0 unspecified atom stereocenters. The van der Waals surface area contributed by atoms with Crippen LogP contribution in [0.4, 0.5) is 4.39 Å². The smallest absolute Gasteiger partial charge is 0.124 e. The molecule has 0 amide bonds. The van der Waals surface area contributed by atoms with Crippen molar-refractivity contribution in [3.8, 4) is 0 Å². The van der Waals surface area contributed by atoms with Crippen molar-refractivity contribution < 1.29 is 4.39 Å². The summed E-state index contributed by atoms with van der Waals surface area (Å²) >= 11 is 0. The molecule has 1 aromatic rings. The fraction of sp³-hybridized carbons (Fsp3) is 0.500. The molecule has 2 heteroatoms. The van der Waals surface area contributed by atoms with E-state index in [1.807, 2.05) is 6.92 Å². The molecule has 0 N–H and O–H groups in total. The maximum Gasteiger partial charge on any atom is 0.124 e. The van der Waals surface area contributed by atoms with E-state index in [0.29, 0.717) is 11.8 Å². The normalized spacial score (nSPS) is 31.1. The number of hydrogen-bond acceptors (Lipinski definition) is 1. The Kier molecular flexibility index (Phi) is 2.63. The van der Waals surface area contributed by atoms with Crippen LogP contribution in [0.15, 0.2) is 28.9 Å². The standard InChI is InChI=1S/C18H20FN/c1-10-3-5-12(6-4-10)17-14-9-16(14)20-18-11(2)7-13(19)8-15(17)18/h7-10,12,14H,3-6H2,1-2H3/t10?,12?,14-/m1/s1. The van der Waals surface area contributed by atoms with Crippen LogP contribution in [0.3, 0.4) is 0 Å². The number of rotatable bonds is 1.